The quantitative estimate of drug-likeness (QED) is 0.0664. The van der Waals surface area contributed by atoms with E-state index in [1.165, 1.54) is 103 Å². The number of fused-ring (bicyclic) bond motifs is 2. The lowest BCUT2D eigenvalue weighted by Gasteiger charge is -2.35. The minimum absolute atomic E-state index is 0.0123. The Morgan fingerprint density at radius 3 is 0.910 bits per heavy atom. The van der Waals surface area contributed by atoms with Crippen LogP contribution in [-0.2, 0) is 16.2 Å². The van der Waals surface area contributed by atoms with Crippen LogP contribution in [0.4, 0.5) is 34.1 Å². The summed E-state index contributed by atoms with van der Waals surface area (Å²) in [5, 5.41) is 5.02. The summed E-state index contributed by atoms with van der Waals surface area (Å²) in [4.78, 5) is 5.15. The molecule has 0 aliphatic heterocycles. The van der Waals surface area contributed by atoms with Gasteiger partial charge < -0.3 is 9.80 Å². The van der Waals surface area contributed by atoms with Crippen LogP contribution in [0.2, 0.25) is 0 Å². The summed E-state index contributed by atoms with van der Waals surface area (Å²) in [5.74, 6) is 1.32. The van der Waals surface area contributed by atoms with Crippen molar-refractivity contribution < 1.29 is 0 Å². The number of benzene rings is 7. The molecular formula is C65H82N2. The highest BCUT2D eigenvalue weighted by Gasteiger charge is 2.30. The number of hydrogen-bond donors (Lipinski definition) is 0. The molecule has 7 aromatic carbocycles. The summed E-state index contributed by atoms with van der Waals surface area (Å²) in [7, 11) is 0. The molecule has 0 spiro atoms. The molecule has 0 radical (unpaired) electrons. The van der Waals surface area contributed by atoms with Crippen molar-refractivity contribution in [3.63, 3.8) is 0 Å². The Morgan fingerprint density at radius 2 is 0.642 bits per heavy atom. The number of unbranched alkanes of at least 4 members (excludes halogenated alkanes) is 2. The molecule has 0 fully saturated rings. The second-order valence-electron chi connectivity index (χ2n) is 22.9. The minimum atomic E-state index is -0.0130. The maximum Gasteiger partial charge on any atom is 0.0620 e. The first-order chi connectivity index (χ1) is 31.7. The largest absolute Gasteiger partial charge is 0.309 e. The third-order valence-electron chi connectivity index (χ3n) is 14.8. The van der Waals surface area contributed by atoms with Crippen molar-refractivity contribution in [2.75, 3.05) is 9.80 Å². The Bertz CT molecular complexity index is 2690. The Kier molecular flexibility index (Phi) is 14.9. The molecule has 0 unspecified atom stereocenters. The smallest absolute Gasteiger partial charge is 0.0620 e. The average Bonchev–Trinajstić information content (AvgIpc) is 3.31. The molecule has 0 saturated carbocycles. The zero-order valence-corrected chi connectivity index (χ0v) is 44.1. The maximum atomic E-state index is 2.58. The van der Waals surface area contributed by atoms with Gasteiger partial charge in [-0.15, -0.1) is 0 Å². The summed E-state index contributed by atoms with van der Waals surface area (Å²) in [6, 6.07) is 52.6. The molecule has 0 atom stereocenters. The van der Waals surface area contributed by atoms with Crippen molar-refractivity contribution in [2.24, 2.45) is 0 Å². The first-order valence-electron chi connectivity index (χ1n) is 25.8. The number of nitrogens with zero attached hydrogens (tertiary/aromatic N) is 2. The standard InChI is InChI=1S/C65H82N2/c1-16-18-40-64(12,13)51-29-39-58-59(42-51)61(66(53-30-20-47(21-31-53)44(3)4)54-32-22-48(23-33-54)45(5)6)57-38-28-52(65(14,15)41-19-17-2)43-60(57)62(58)67(55-34-24-49(25-35-55)46(7)8)56-36-26-50(27-37-56)63(9,10)11/h20-39,42-46H,16-19,40-41H2,1-15H3. The fourth-order valence-corrected chi connectivity index (χ4v) is 9.98. The van der Waals surface area contributed by atoms with Crippen LogP contribution in [0.1, 0.15) is 194 Å². The van der Waals surface area contributed by atoms with Gasteiger partial charge in [-0.1, -0.05) is 202 Å². The number of rotatable bonds is 17. The van der Waals surface area contributed by atoms with E-state index in [-0.39, 0.29) is 16.2 Å². The molecule has 7 aromatic rings. The molecule has 0 aliphatic carbocycles. The van der Waals surface area contributed by atoms with Gasteiger partial charge in [-0.2, -0.15) is 0 Å². The van der Waals surface area contributed by atoms with E-state index in [1.54, 1.807) is 0 Å². The number of anilines is 6. The van der Waals surface area contributed by atoms with E-state index in [4.69, 9.17) is 0 Å². The van der Waals surface area contributed by atoms with Gasteiger partial charge in [-0.3, -0.25) is 0 Å². The van der Waals surface area contributed by atoms with E-state index in [1.807, 2.05) is 0 Å². The molecule has 0 aromatic heterocycles. The van der Waals surface area contributed by atoms with Gasteiger partial charge in [0.15, 0.2) is 0 Å². The third-order valence-corrected chi connectivity index (χ3v) is 14.8. The van der Waals surface area contributed by atoms with Gasteiger partial charge in [0.2, 0.25) is 0 Å². The predicted molar refractivity (Wildman–Crippen MR) is 297 cm³/mol. The highest BCUT2D eigenvalue weighted by atomic mass is 15.2. The lowest BCUT2D eigenvalue weighted by molar-refractivity contribution is 0.458. The monoisotopic (exact) mass is 891 g/mol. The van der Waals surface area contributed by atoms with E-state index >= 15 is 0 Å². The molecule has 0 bridgehead atoms. The van der Waals surface area contributed by atoms with Crippen molar-refractivity contribution in [1.29, 1.82) is 0 Å². The molecule has 0 amide bonds. The topological polar surface area (TPSA) is 6.48 Å². The zero-order valence-electron chi connectivity index (χ0n) is 44.1. The van der Waals surface area contributed by atoms with E-state index in [0.29, 0.717) is 17.8 Å². The van der Waals surface area contributed by atoms with Crippen molar-refractivity contribution in [3.8, 4) is 0 Å². The van der Waals surface area contributed by atoms with Crippen molar-refractivity contribution in [1.82, 2.24) is 0 Å². The summed E-state index contributed by atoms with van der Waals surface area (Å²) in [5.41, 5.74) is 15.3. The molecule has 0 saturated heterocycles. The lowest BCUT2D eigenvalue weighted by Crippen LogP contribution is -2.19. The van der Waals surface area contributed by atoms with E-state index in [2.05, 4.69) is 247 Å². The molecule has 67 heavy (non-hydrogen) atoms. The van der Waals surface area contributed by atoms with Crippen LogP contribution in [0.3, 0.4) is 0 Å². The van der Waals surface area contributed by atoms with Crippen LogP contribution >= 0.6 is 0 Å². The molecule has 7 rings (SSSR count). The molecule has 0 heterocycles. The van der Waals surface area contributed by atoms with Gasteiger partial charge in [0.05, 0.1) is 11.4 Å². The first-order valence-corrected chi connectivity index (χ1v) is 25.8. The average molecular weight is 891 g/mol. The molecule has 0 N–H and O–H groups in total. The molecule has 0 aliphatic rings. The summed E-state index contributed by atoms with van der Waals surface area (Å²) < 4.78 is 0. The third kappa shape index (κ3) is 10.5. The lowest BCUT2D eigenvalue weighted by atomic mass is 9.78. The van der Waals surface area contributed by atoms with Gasteiger partial charge in [-0.25, -0.2) is 0 Å². The predicted octanol–water partition coefficient (Wildman–Crippen LogP) is 20.5. The maximum absolute atomic E-state index is 2.58. The Hall–Kier alpha value is -5.34. The molecule has 2 heteroatoms. The van der Waals surface area contributed by atoms with Crippen LogP contribution in [0.15, 0.2) is 133 Å². The van der Waals surface area contributed by atoms with E-state index in [9.17, 15) is 0 Å². The van der Waals surface area contributed by atoms with Gasteiger partial charge in [-0.05, 0) is 141 Å². The van der Waals surface area contributed by atoms with Crippen molar-refractivity contribution in [2.45, 2.75) is 176 Å². The van der Waals surface area contributed by atoms with Gasteiger partial charge in [0.25, 0.3) is 0 Å². The molecule has 352 valence electrons. The van der Waals surface area contributed by atoms with Gasteiger partial charge in [0, 0.05) is 44.3 Å². The van der Waals surface area contributed by atoms with Gasteiger partial charge >= 0.3 is 0 Å². The van der Waals surface area contributed by atoms with Crippen LogP contribution < -0.4 is 9.80 Å². The van der Waals surface area contributed by atoms with Crippen molar-refractivity contribution in [3.05, 3.63) is 167 Å². The van der Waals surface area contributed by atoms with Crippen LogP contribution in [0.5, 0.6) is 0 Å². The second-order valence-corrected chi connectivity index (χ2v) is 22.9. The van der Waals surface area contributed by atoms with Crippen LogP contribution in [0, 0.1) is 0 Å². The van der Waals surface area contributed by atoms with E-state index in [0.717, 1.165) is 24.2 Å². The molecule has 2 nitrogen and oxygen atoms in total. The first kappa shape index (κ1) is 49.6. The summed E-state index contributed by atoms with van der Waals surface area (Å²) in [6.45, 7) is 35.1. The van der Waals surface area contributed by atoms with E-state index < -0.39 is 0 Å². The van der Waals surface area contributed by atoms with Crippen molar-refractivity contribution >= 4 is 55.7 Å². The molecular weight excluding hydrogens is 809 g/mol. The minimum Gasteiger partial charge on any atom is -0.309 e. The summed E-state index contributed by atoms with van der Waals surface area (Å²) in [6.07, 6.45) is 7.01. The normalized spacial score (nSPS) is 12.6. The summed E-state index contributed by atoms with van der Waals surface area (Å²) >= 11 is 0. The van der Waals surface area contributed by atoms with Gasteiger partial charge in [0.1, 0.15) is 0 Å². The highest BCUT2D eigenvalue weighted by molar-refractivity contribution is 6.23. The fourth-order valence-electron chi connectivity index (χ4n) is 9.98. The number of hydrogen-bond acceptors (Lipinski definition) is 2. The zero-order chi connectivity index (χ0) is 48.4. The Labute approximate surface area is 406 Å². The SMILES string of the molecule is CCCCC(C)(C)c1ccc2c(N(c3ccc(C(C)C)cc3)c3ccc(C(C)(C)C)cc3)c3cc(C(C)(C)CCCC)ccc3c(N(c3ccc(C(C)C)cc3)c3ccc(C(C)C)cc3)c2c1. The van der Waals surface area contributed by atoms with Crippen LogP contribution in [-0.4, -0.2) is 0 Å². The second kappa shape index (κ2) is 20.1. The highest BCUT2D eigenvalue weighted by Crippen LogP contribution is 2.53. The fraction of sp³-hybridized carbons (Fsp3) is 0.415. The van der Waals surface area contributed by atoms with Crippen LogP contribution in [0.25, 0.3) is 21.5 Å². The Balaban J connectivity index is 1.69. The Morgan fingerprint density at radius 1 is 0.358 bits per heavy atom.